The Kier molecular flexibility index (Phi) is 2.15. The predicted molar refractivity (Wildman–Crippen MR) is 54.6 cm³/mol. The van der Waals surface area contributed by atoms with Crippen molar-refractivity contribution in [1.82, 2.24) is 19.6 Å². The van der Waals surface area contributed by atoms with Gasteiger partial charge in [0.25, 0.3) is 0 Å². The fraction of sp³-hybridized carbons (Fsp3) is 0.300. The lowest BCUT2D eigenvalue weighted by Gasteiger charge is -1.97. The van der Waals surface area contributed by atoms with Crippen molar-refractivity contribution in [2.24, 2.45) is 14.1 Å². The van der Waals surface area contributed by atoms with Gasteiger partial charge >= 0.3 is 0 Å². The highest BCUT2D eigenvalue weighted by Crippen LogP contribution is 2.09. The van der Waals surface area contributed by atoms with Crippen molar-refractivity contribution >= 4 is 5.78 Å². The molecule has 0 spiro atoms. The lowest BCUT2D eigenvalue weighted by molar-refractivity contribution is 0.103. The van der Waals surface area contributed by atoms with E-state index in [1.54, 1.807) is 41.9 Å². The van der Waals surface area contributed by atoms with Crippen molar-refractivity contribution < 1.29 is 4.79 Å². The van der Waals surface area contributed by atoms with Gasteiger partial charge in [-0.1, -0.05) is 0 Å². The number of carbonyl (C=O) groups excluding carboxylic acids is 1. The number of hydrogen-bond acceptors (Lipinski definition) is 3. The first kappa shape index (κ1) is 9.64. The maximum absolute atomic E-state index is 12.0. The Morgan fingerprint density at radius 2 is 2.13 bits per heavy atom. The van der Waals surface area contributed by atoms with Gasteiger partial charge < -0.3 is 0 Å². The molecule has 2 aromatic heterocycles. The number of ketones is 1. The van der Waals surface area contributed by atoms with Crippen LogP contribution in [-0.2, 0) is 14.1 Å². The van der Waals surface area contributed by atoms with Gasteiger partial charge in [0.2, 0.25) is 5.78 Å². The van der Waals surface area contributed by atoms with Crippen LogP contribution in [0.3, 0.4) is 0 Å². The predicted octanol–water partition coefficient (Wildman–Crippen LogP) is 0.693. The average molecular weight is 204 g/mol. The standard InChI is InChI=1S/C10H12N4O/c1-7-4-9(14(3)12-7)10(15)8-5-11-13(2)6-8/h4-6H,1-3H3. The Hall–Kier alpha value is -1.91. The zero-order valence-corrected chi connectivity index (χ0v) is 8.93. The van der Waals surface area contributed by atoms with Gasteiger partial charge in [0.1, 0.15) is 5.69 Å². The fourth-order valence-electron chi connectivity index (χ4n) is 1.51. The van der Waals surface area contributed by atoms with Gasteiger partial charge in [-0.15, -0.1) is 0 Å². The molecule has 0 aliphatic rings. The molecular formula is C10H12N4O. The molecule has 0 N–H and O–H groups in total. The van der Waals surface area contributed by atoms with Crippen LogP contribution in [0.5, 0.6) is 0 Å². The Balaban J connectivity index is 2.40. The summed E-state index contributed by atoms with van der Waals surface area (Å²) in [4.78, 5) is 12.0. The highest BCUT2D eigenvalue weighted by molar-refractivity contribution is 6.07. The van der Waals surface area contributed by atoms with Crippen molar-refractivity contribution in [2.75, 3.05) is 0 Å². The molecule has 0 saturated carbocycles. The molecule has 0 unspecified atom stereocenters. The second-order valence-corrected chi connectivity index (χ2v) is 3.53. The summed E-state index contributed by atoms with van der Waals surface area (Å²) in [5, 5.41) is 8.10. The Bertz CT molecular complexity index is 509. The van der Waals surface area contributed by atoms with Crippen LogP contribution in [0.4, 0.5) is 0 Å². The van der Waals surface area contributed by atoms with Gasteiger partial charge in [0, 0.05) is 20.3 Å². The number of carbonyl (C=O) groups is 1. The third-order valence-electron chi connectivity index (χ3n) is 2.20. The van der Waals surface area contributed by atoms with E-state index < -0.39 is 0 Å². The zero-order valence-electron chi connectivity index (χ0n) is 8.93. The summed E-state index contributed by atoms with van der Waals surface area (Å²) in [6, 6.07) is 1.77. The molecule has 0 amide bonds. The van der Waals surface area contributed by atoms with Gasteiger partial charge in [-0.05, 0) is 13.0 Å². The van der Waals surface area contributed by atoms with Gasteiger partial charge in [0.15, 0.2) is 0 Å². The van der Waals surface area contributed by atoms with Gasteiger partial charge in [-0.3, -0.25) is 14.2 Å². The minimum absolute atomic E-state index is 0.0498. The first-order chi connectivity index (χ1) is 7.08. The quantitative estimate of drug-likeness (QED) is 0.676. The third-order valence-corrected chi connectivity index (χ3v) is 2.20. The van der Waals surface area contributed by atoms with Crippen LogP contribution >= 0.6 is 0 Å². The summed E-state index contributed by atoms with van der Waals surface area (Å²) in [6.45, 7) is 1.86. The lowest BCUT2D eigenvalue weighted by Crippen LogP contribution is -2.07. The van der Waals surface area contributed by atoms with E-state index in [1.807, 2.05) is 6.92 Å². The summed E-state index contributed by atoms with van der Waals surface area (Å²) < 4.78 is 3.20. The van der Waals surface area contributed by atoms with E-state index in [1.165, 1.54) is 0 Å². The van der Waals surface area contributed by atoms with E-state index in [4.69, 9.17) is 0 Å². The van der Waals surface area contributed by atoms with Crippen LogP contribution in [0.2, 0.25) is 0 Å². The molecule has 0 fully saturated rings. The van der Waals surface area contributed by atoms with Crippen molar-refractivity contribution in [3.05, 3.63) is 35.4 Å². The molecule has 15 heavy (non-hydrogen) atoms. The summed E-state index contributed by atoms with van der Waals surface area (Å²) in [5.74, 6) is -0.0498. The maximum Gasteiger partial charge on any atom is 0.214 e. The monoisotopic (exact) mass is 204 g/mol. The second kappa shape index (κ2) is 3.34. The molecule has 0 aliphatic heterocycles. The highest BCUT2D eigenvalue weighted by atomic mass is 16.1. The Morgan fingerprint density at radius 3 is 2.60 bits per heavy atom. The smallest absolute Gasteiger partial charge is 0.214 e. The van der Waals surface area contributed by atoms with E-state index >= 15 is 0 Å². The molecule has 2 rings (SSSR count). The van der Waals surface area contributed by atoms with Crippen molar-refractivity contribution in [1.29, 1.82) is 0 Å². The van der Waals surface area contributed by atoms with Crippen molar-refractivity contribution in [3.8, 4) is 0 Å². The molecule has 0 aliphatic carbocycles. The molecule has 5 nitrogen and oxygen atoms in total. The first-order valence-electron chi connectivity index (χ1n) is 4.62. The lowest BCUT2D eigenvalue weighted by atomic mass is 10.1. The molecule has 0 bridgehead atoms. The SMILES string of the molecule is Cc1cc(C(=O)c2cnn(C)c2)n(C)n1. The molecule has 0 saturated heterocycles. The molecular weight excluding hydrogens is 192 g/mol. The number of rotatable bonds is 2. The minimum atomic E-state index is -0.0498. The number of aryl methyl sites for hydroxylation is 3. The van der Waals surface area contributed by atoms with Gasteiger partial charge in [0.05, 0.1) is 17.5 Å². The van der Waals surface area contributed by atoms with Crippen LogP contribution in [-0.4, -0.2) is 25.3 Å². The normalized spacial score (nSPS) is 10.6. The second-order valence-electron chi connectivity index (χ2n) is 3.53. The van der Waals surface area contributed by atoms with E-state index in [-0.39, 0.29) is 5.78 Å². The fourth-order valence-corrected chi connectivity index (χ4v) is 1.51. The largest absolute Gasteiger partial charge is 0.287 e. The zero-order chi connectivity index (χ0) is 11.0. The molecule has 5 heteroatoms. The van der Waals surface area contributed by atoms with Crippen LogP contribution in [0.25, 0.3) is 0 Å². The minimum Gasteiger partial charge on any atom is -0.287 e. The molecule has 0 radical (unpaired) electrons. The Morgan fingerprint density at radius 1 is 1.40 bits per heavy atom. The molecule has 0 aromatic carbocycles. The van der Waals surface area contributed by atoms with Crippen LogP contribution in [0, 0.1) is 6.92 Å². The van der Waals surface area contributed by atoms with Gasteiger partial charge in [-0.25, -0.2) is 0 Å². The van der Waals surface area contributed by atoms with Crippen LogP contribution in [0.15, 0.2) is 18.5 Å². The third kappa shape index (κ3) is 1.68. The molecule has 2 heterocycles. The van der Waals surface area contributed by atoms with Crippen molar-refractivity contribution in [2.45, 2.75) is 6.92 Å². The maximum atomic E-state index is 12.0. The van der Waals surface area contributed by atoms with Crippen molar-refractivity contribution in [3.63, 3.8) is 0 Å². The Labute approximate surface area is 87.3 Å². The number of nitrogens with zero attached hydrogens (tertiary/aromatic N) is 4. The summed E-state index contributed by atoms with van der Waals surface area (Å²) >= 11 is 0. The molecule has 2 aromatic rings. The van der Waals surface area contributed by atoms with E-state index in [0.717, 1.165) is 5.69 Å². The summed E-state index contributed by atoms with van der Waals surface area (Å²) in [5.41, 5.74) is 2.01. The highest BCUT2D eigenvalue weighted by Gasteiger charge is 2.15. The number of hydrogen-bond donors (Lipinski definition) is 0. The topological polar surface area (TPSA) is 52.7 Å². The summed E-state index contributed by atoms with van der Waals surface area (Å²) in [7, 11) is 3.54. The van der Waals surface area contributed by atoms with Crippen LogP contribution < -0.4 is 0 Å². The first-order valence-corrected chi connectivity index (χ1v) is 4.62. The average Bonchev–Trinajstić information content (AvgIpc) is 2.71. The summed E-state index contributed by atoms with van der Waals surface area (Å²) in [6.07, 6.45) is 3.26. The van der Waals surface area contributed by atoms with Crippen LogP contribution in [0.1, 0.15) is 21.7 Å². The van der Waals surface area contributed by atoms with E-state index in [0.29, 0.717) is 11.3 Å². The van der Waals surface area contributed by atoms with E-state index in [2.05, 4.69) is 10.2 Å². The molecule has 0 atom stereocenters. The number of aromatic nitrogens is 4. The van der Waals surface area contributed by atoms with E-state index in [9.17, 15) is 4.79 Å². The van der Waals surface area contributed by atoms with Gasteiger partial charge in [-0.2, -0.15) is 10.2 Å². The molecule has 78 valence electrons.